The summed E-state index contributed by atoms with van der Waals surface area (Å²) in [5.74, 6) is -0.367. The van der Waals surface area contributed by atoms with Crippen molar-refractivity contribution in [3.05, 3.63) is 59.2 Å². The van der Waals surface area contributed by atoms with Crippen molar-refractivity contribution in [1.29, 1.82) is 0 Å². The molecule has 1 heterocycles. The summed E-state index contributed by atoms with van der Waals surface area (Å²) in [7, 11) is -1.95. The Labute approximate surface area is 223 Å². The van der Waals surface area contributed by atoms with Crippen LogP contribution in [-0.2, 0) is 27.8 Å². The van der Waals surface area contributed by atoms with E-state index in [2.05, 4.69) is 5.32 Å². The van der Waals surface area contributed by atoms with Gasteiger partial charge in [0, 0.05) is 18.0 Å². The van der Waals surface area contributed by atoms with Crippen molar-refractivity contribution in [3.63, 3.8) is 0 Å². The van der Waals surface area contributed by atoms with Crippen LogP contribution >= 0.6 is 0 Å². The van der Waals surface area contributed by atoms with E-state index < -0.39 is 46.6 Å². The molecule has 2 aromatic carbocycles. The zero-order valence-corrected chi connectivity index (χ0v) is 21.7. The molecule has 6 nitrogen and oxygen atoms in total. The van der Waals surface area contributed by atoms with Gasteiger partial charge in [0.2, 0.25) is 5.91 Å². The molecule has 1 saturated carbocycles. The van der Waals surface area contributed by atoms with Crippen LogP contribution in [0.2, 0.25) is 0 Å². The number of rotatable bonds is 6. The highest BCUT2D eigenvalue weighted by Gasteiger charge is 2.71. The van der Waals surface area contributed by atoms with Gasteiger partial charge in [0.05, 0.1) is 22.7 Å². The number of nitrogens with zero attached hydrogens (tertiary/aromatic N) is 1. The Morgan fingerprint density at radius 1 is 1.03 bits per heavy atom. The topological polar surface area (TPSA) is 89.9 Å². The Hall–Kier alpha value is -2.64. The van der Waals surface area contributed by atoms with E-state index in [4.69, 9.17) is 0 Å². The van der Waals surface area contributed by atoms with Crippen LogP contribution in [-0.4, -0.2) is 50.9 Å². The number of nitrogens with one attached hydrogen (secondary N) is 1. The number of carbonyl (C=O) groups excluding carboxylic acids is 1. The number of hydrogen-bond acceptors (Lipinski definition) is 4. The maximum absolute atomic E-state index is 13.7. The lowest BCUT2D eigenvalue weighted by molar-refractivity contribution is -0.376. The molecule has 1 aliphatic carbocycles. The minimum Gasteiger partial charge on any atom is -0.393 e. The van der Waals surface area contributed by atoms with E-state index in [0.29, 0.717) is 36.3 Å². The van der Waals surface area contributed by atoms with E-state index in [1.54, 1.807) is 24.3 Å². The quantitative estimate of drug-likeness (QED) is 0.439. The van der Waals surface area contributed by atoms with Crippen LogP contribution in [0.3, 0.4) is 0 Å². The average Bonchev–Trinajstić information content (AvgIpc) is 3.25. The van der Waals surface area contributed by atoms with Crippen molar-refractivity contribution < 1.29 is 45.6 Å². The van der Waals surface area contributed by atoms with Gasteiger partial charge in [-0.1, -0.05) is 29.8 Å². The Morgan fingerprint density at radius 3 is 2.23 bits per heavy atom. The smallest absolute Gasteiger partial charge is 0.393 e. The first-order valence-electron chi connectivity index (χ1n) is 12.4. The number of hydrogen-bond donors (Lipinski definition) is 3. The number of amides is 1. The zero-order valence-electron chi connectivity index (χ0n) is 20.9. The van der Waals surface area contributed by atoms with E-state index in [-0.39, 0.29) is 42.5 Å². The first-order valence-corrected chi connectivity index (χ1v) is 13.5. The monoisotopic (exact) mass is 578 g/mol. The molecule has 214 valence electrons. The lowest BCUT2D eigenvalue weighted by Crippen LogP contribution is -2.54. The molecule has 0 spiro atoms. The van der Waals surface area contributed by atoms with Crippen molar-refractivity contribution in [2.75, 3.05) is 4.31 Å². The first-order chi connectivity index (χ1) is 18.1. The van der Waals surface area contributed by atoms with Gasteiger partial charge in [-0.15, -0.1) is 0 Å². The number of benzene rings is 2. The third-order valence-corrected chi connectivity index (χ3v) is 8.75. The summed E-state index contributed by atoms with van der Waals surface area (Å²) in [5.41, 5.74) is -5.44. The van der Waals surface area contributed by atoms with E-state index in [1.807, 2.05) is 6.92 Å². The highest BCUT2D eigenvalue weighted by atomic mass is 32.2. The first kappa shape index (κ1) is 29.3. The third kappa shape index (κ3) is 5.80. The summed E-state index contributed by atoms with van der Waals surface area (Å²) in [5, 5.41) is 22.4. The van der Waals surface area contributed by atoms with Crippen molar-refractivity contribution in [2.24, 2.45) is 0 Å². The number of alkyl halides is 6. The third-order valence-electron chi connectivity index (χ3n) is 7.23. The molecule has 0 aromatic heterocycles. The molecule has 4 rings (SSSR count). The second kappa shape index (κ2) is 10.7. The number of aryl methyl sites for hydroxylation is 2. The molecule has 3 N–H and O–H groups in total. The van der Waals surface area contributed by atoms with E-state index in [0.717, 1.165) is 11.6 Å². The van der Waals surface area contributed by atoms with Crippen LogP contribution < -0.4 is 9.62 Å². The molecule has 4 atom stereocenters. The largest absolute Gasteiger partial charge is 0.430 e. The summed E-state index contributed by atoms with van der Waals surface area (Å²) in [6, 6.07) is 7.87. The standard InChI is InChI=1S/C26H28F6N2O4S/c1-15-2-9-21(10-3-15)39(38)34-19(14-23(36)33-18-6-8-20(35)13-18)7-4-16-12-17(5-11-22(16)34)24(37,25(27,28)29)26(30,31)32/h2-3,5,9-12,18-20,35,37H,4,6-8,13-14H2,1H3,(H,33,36)/t18?,19-,20+,39?/m0/s1. The van der Waals surface area contributed by atoms with Crippen LogP contribution in [0.15, 0.2) is 47.4 Å². The van der Waals surface area contributed by atoms with Gasteiger partial charge in [-0.05, 0) is 62.8 Å². The molecule has 1 fully saturated rings. The predicted octanol–water partition coefficient (Wildman–Crippen LogP) is 4.57. The number of carbonyl (C=O) groups is 1. The minimum atomic E-state index is -6.03. The van der Waals surface area contributed by atoms with Gasteiger partial charge in [0.1, 0.15) is 0 Å². The van der Waals surface area contributed by atoms with Crippen LogP contribution in [0.4, 0.5) is 32.0 Å². The van der Waals surface area contributed by atoms with Crippen LogP contribution in [0, 0.1) is 6.92 Å². The number of aliphatic hydroxyl groups is 2. The summed E-state index contributed by atoms with van der Waals surface area (Å²) in [6.45, 7) is 1.82. The fraction of sp³-hybridized carbons (Fsp3) is 0.500. The normalized spacial score (nSPS) is 22.9. The minimum absolute atomic E-state index is 0.00332. The molecule has 13 heteroatoms. The number of aliphatic hydroxyl groups excluding tert-OH is 1. The molecule has 1 aliphatic heterocycles. The number of halogens is 6. The van der Waals surface area contributed by atoms with Crippen LogP contribution in [0.5, 0.6) is 0 Å². The molecule has 0 saturated heterocycles. The zero-order chi connectivity index (χ0) is 28.8. The lowest BCUT2D eigenvalue weighted by atomic mass is 9.87. The molecular formula is C26H28F6N2O4S. The SMILES string of the molecule is Cc1ccc(S(=O)N2c3ccc(C(O)(C(F)(F)F)C(F)(F)F)cc3CC[C@H]2CC(=O)NC2CC[C@@H](O)C2)cc1. The summed E-state index contributed by atoms with van der Waals surface area (Å²) in [6.07, 6.45) is -11.0. The molecule has 0 bridgehead atoms. The number of anilines is 1. The van der Waals surface area contributed by atoms with Gasteiger partial charge in [0.25, 0.3) is 5.60 Å². The fourth-order valence-corrected chi connectivity index (χ4v) is 6.52. The highest BCUT2D eigenvalue weighted by molar-refractivity contribution is 7.86. The van der Waals surface area contributed by atoms with Crippen LogP contribution in [0.25, 0.3) is 0 Å². The maximum atomic E-state index is 13.7. The molecule has 0 radical (unpaired) electrons. The molecule has 2 unspecified atom stereocenters. The lowest BCUT2D eigenvalue weighted by Gasteiger charge is -2.39. The van der Waals surface area contributed by atoms with Crippen molar-refractivity contribution in [3.8, 4) is 0 Å². The van der Waals surface area contributed by atoms with E-state index in [1.165, 1.54) is 4.31 Å². The van der Waals surface area contributed by atoms with Gasteiger partial charge in [-0.3, -0.25) is 9.10 Å². The molecule has 1 amide bonds. The molecule has 39 heavy (non-hydrogen) atoms. The highest BCUT2D eigenvalue weighted by Crippen LogP contribution is 2.51. The average molecular weight is 579 g/mol. The van der Waals surface area contributed by atoms with Gasteiger partial charge >= 0.3 is 12.4 Å². The Bertz CT molecular complexity index is 1220. The second-order valence-corrected chi connectivity index (χ2v) is 11.4. The van der Waals surface area contributed by atoms with E-state index in [9.17, 15) is 45.6 Å². The predicted molar refractivity (Wildman–Crippen MR) is 131 cm³/mol. The van der Waals surface area contributed by atoms with Crippen molar-refractivity contribution in [2.45, 2.75) is 86.5 Å². The molecular weight excluding hydrogens is 550 g/mol. The van der Waals surface area contributed by atoms with Gasteiger partial charge < -0.3 is 15.5 Å². The summed E-state index contributed by atoms with van der Waals surface area (Å²) >= 11 is 0. The molecule has 2 aromatic rings. The fourth-order valence-electron chi connectivity index (χ4n) is 5.12. The second-order valence-electron chi connectivity index (χ2n) is 10.1. The van der Waals surface area contributed by atoms with Crippen LogP contribution in [0.1, 0.15) is 48.8 Å². The Morgan fingerprint density at radius 2 is 1.67 bits per heavy atom. The number of fused-ring (bicyclic) bond motifs is 1. The van der Waals surface area contributed by atoms with Crippen molar-refractivity contribution >= 4 is 22.6 Å². The van der Waals surface area contributed by atoms with Gasteiger partial charge in [0.15, 0.2) is 11.0 Å². The maximum Gasteiger partial charge on any atom is 0.430 e. The Balaban J connectivity index is 1.70. The van der Waals surface area contributed by atoms with Gasteiger partial charge in [-0.25, -0.2) is 4.21 Å². The van der Waals surface area contributed by atoms with Crippen molar-refractivity contribution in [1.82, 2.24) is 5.32 Å². The van der Waals surface area contributed by atoms with Gasteiger partial charge in [-0.2, -0.15) is 26.3 Å². The molecule has 2 aliphatic rings. The summed E-state index contributed by atoms with van der Waals surface area (Å²) in [4.78, 5) is 13.2. The van der Waals surface area contributed by atoms with E-state index >= 15 is 0 Å². The summed E-state index contributed by atoms with van der Waals surface area (Å²) < 4.78 is 96.0. The Kier molecular flexibility index (Phi) is 8.08.